The van der Waals surface area contributed by atoms with E-state index >= 15 is 0 Å². The van der Waals surface area contributed by atoms with Gasteiger partial charge in [0, 0.05) is 13.2 Å². The lowest BCUT2D eigenvalue weighted by atomic mass is 9.95. The molecule has 0 aromatic heterocycles. The number of rotatable bonds is 6. The summed E-state index contributed by atoms with van der Waals surface area (Å²) in [6.45, 7) is 6.07. The quantitative estimate of drug-likeness (QED) is 0.700. The van der Waals surface area contributed by atoms with Crippen LogP contribution in [0.25, 0.3) is 0 Å². The van der Waals surface area contributed by atoms with Gasteiger partial charge in [0.05, 0.1) is 6.61 Å². The molecule has 0 bridgehead atoms. The summed E-state index contributed by atoms with van der Waals surface area (Å²) in [5.74, 6) is -0.288. The Bertz CT molecular complexity index is 214. The van der Waals surface area contributed by atoms with Crippen molar-refractivity contribution in [3.8, 4) is 0 Å². The number of aliphatic carboxylic acids is 1. The van der Waals surface area contributed by atoms with E-state index in [0.29, 0.717) is 12.3 Å². The minimum absolute atomic E-state index is 0.473. The van der Waals surface area contributed by atoms with E-state index in [1.807, 2.05) is 6.92 Å². The van der Waals surface area contributed by atoms with Gasteiger partial charge >= 0.3 is 5.97 Å². The lowest BCUT2D eigenvalue weighted by molar-refractivity contribution is -0.144. The first-order valence-electron chi connectivity index (χ1n) is 5.64. The number of ether oxygens (including phenoxy) is 1. The molecule has 1 fully saturated rings. The maximum absolute atomic E-state index is 11.1. The second-order valence-electron chi connectivity index (χ2n) is 4.50. The van der Waals surface area contributed by atoms with Crippen LogP contribution in [0.1, 0.15) is 33.1 Å². The van der Waals surface area contributed by atoms with E-state index in [-0.39, 0.29) is 0 Å². The lowest BCUT2D eigenvalue weighted by Gasteiger charge is -2.27. The minimum Gasteiger partial charge on any atom is -0.480 e. The van der Waals surface area contributed by atoms with Gasteiger partial charge in [0.1, 0.15) is 5.54 Å². The molecule has 2 unspecified atom stereocenters. The van der Waals surface area contributed by atoms with Crippen LogP contribution in [0.3, 0.4) is 0 Å². The van der Waals surface area contributed by atoms with E-state index in [1.54, 1.807) is 6.92 Å². The van der Waals surface area contributed by atoms with E-state index in [1.165, 1.54) is 0 Å². The topological polar surface area (TPSA) is 58.6 Å². The second-order valence-corrected chi connectivity index (χ2v) is 4.50. The Morgan fingerprint density at radius 2 is 2.40 bits per heavy atom. The Morgan fingerprint density at radius 3 is 2.87 bits per heavy atom. The largest absolute Gasteiger partial charge is 0.480 e. The first kappa shape index (κ1) is 12.5. The monoisotopic (exact) mass is 215 g/mol. The normalized spacial score (nSPS) is 25.1. The molecule has 1 aliphatic heterocycles. The Hall–Kier alpha value is -0.610. The fourth-order valence-electron chi connectivity index (χ4n) is 1.88. The van der Waals surface area contributed by atoms with Crippen LogP contribution in [-0.4, -0.2) is 36.4 Å². The molecule has 0 aromatic rings. The highest BCUT2D eigenvalue weighted by atomic mass is 16.5. The highest BCUT2D eigenvalue weighted by Gasteiger charge is 2.32. The molecule has 0 radical (unpaired) electrons. The zero-order valence-corrected chi connectivity index (χ0v) is 9.58. The summed E-state index contributed by atoms with van der Waals surface area (Å²) in [6.07, 6.45) is 2.57. The first-order valence-corrected chi connectivity index (χ1v) is 5.64. The lowest BCUT2D eigenvalue weighted by Crippen LogP contribution is -2.51. The molecule has 2 atom stereocenters. The van der Waals surface area contributed by atoms with Gasteiger partial charge in [0.2, 0.25) is 0 Å². The number of carbonyl (C=O) groups is 1. The Kier molecular flexibility index (Phi) is 4.54. The molecule has 0 aromatic carbocycles. The number of hydrogen-bond donors (Lipinski definition) is 2. The molecule has 0 aliphatic carbocycles. The average molecular weight is 215 g/mol. The molecule has 88 valence electrons. The molecule has 1 heterocycles. The zero-order valence-electron chi connectivity index (χ0n) is 9.58. The van der Waals surface area contributed by atoms with Crippen LogP contribution in [0.5, 0.6) is 0 Å². The highest BCUT2D eigenvalue weighted by Crippen LogP contribution is 2.16. The van der Waals surface area contributed by atoms with Crippen LogP contribution in [0.15, 0.2) is 0 Å². The van der Waals surface area contributed by atoms with Gasteiger partial charge in [-0.3, -0.25) is 4.79 Å². The van der Waals surface area contributed by atoms with Crippen molar-refractivity contribution < 1.29 is 14.6 Å². The third-order valence-corrected chi connectivity index (χ3v) is 3.03. The Balaban J connectivity index is 2.40. The van der Waals surface area contributed by atoms with Crippen LogP contribution >= 0.6 is 0 Å². The van der Waals surface area contributed by atoms with Gasteiger partial charge in [0.25, 0.3) is 0 Å². The van der Waals surface area contributed by atoms with Gasteiger partial charge in [-0.15, -0.1) is 0 Å². The van der Waals surface area contributed by atoms with Gasteiger partial charge in [-0.2, -0.15) is 0 Å². The van der Waals surface area contributed by atoms with Gasteiger partial charge < -0.3 is 15.2 Å². The SMILES string of the molecule is CCCC(C)(NCC1CCOC1)C(=O)O. The molecule has 1 rings (SSSR count). The van der Waals surface area contributed by atoms with E-state index in [9.17, 15) is 4.79 Å². The molecule has 1 aliphatic rings. The summed E-state index contributed by atoms with van der Waals surface area (Å²) in [5, 5.41) is 12.3. The maximum atomic E-state index is 11.1. The average Bonchev–Trinajstić information content (AvgIpc) is 2.67. The van der Waals surface area contributed by atoms with E-state index in [0.717, 1.165) is 32.6 Å². The summed E-state index contributed by atoms with van der Waals surface area (Å²) in [6, 6.07) is 0. The van der Waals surface area contributed by atoms with Gasteiger partial charge in [-0.05, 0) is 25.7 Å². The van der Waals surface area contributed by atoms with Crippen molar-refractivity contribution in [1.82, 2.24) is 5.32 Å². The fraction of sp³-hybridized carbons (Fsp3) is 0.909. The molecule has 0 amide bonds. The van der Waals surface area contributed by atoms with Crippen molar-refractivity contribution in [3.05, 3.63) is 0 Å². The van der Waals surface area contributed by atoms with E-state index in [2.05, 4.69) is 5.32 Å². The Morgan fingerprint density at radius 1 is 1.67 bits per heavy atom. The van der Waals surface area contributed by atoms with Gasteiger partial charge in [0.15, 0.2) is 0 Å². The summed E-state index contributed by atoms with van der Waals surface area (Å²) >= 11 is 0. The number of hydrogen-bond acceptors (Lipinski definition) is 3. The third kappa shape index (κ3) is 3.47. The Labute approximate surface area is 91.0 Å². The van der Waals surface area contributed by atoms with Gasteiger partial charge in [-0.25, -0.2) is 0 Å². The van der Waals surface area contributed by atoms with Crippen molar-refractivity contribution >= 4 is 5.97 Å². The minimum atomic E-state index is -0.780. The molecular formula is C11H21NO3. The molecule has 0 saturated carbocycles. The van der Waals surface area contributed by atoms with Crippen LogP contribution in [0, 0.1) is 5.92 Å². The first-order chi connectivity index (χ1) is 7.08. The summed E-state index contributed by atoms with van der Waals surface area (Å²) < 4.78 is 5.26. The molecule has 1 saturated heterocycles. The van der Waals surface area contributed by atoms with Gasteiger partial charge in [-0.1, -0.05) is 13.3 Å². The molecule has 15 heavy (non-hydrogen) atoms. The smallest absolute Gasteiger partial charge is 0.323 e. The number of carboxylic acids is 1. The van der Waals surface area contributed by atoms with Crippen molar-refractivity contribution in [1.29, 1.82) is 0 Å². The highest BCUT2D eigenvalue weighted by molar-refractivity contribution is 5.78. The molecular weight excluding hydrogens is 194 g/mol. The molecule has 2 N–H and O–H groups in total. The third-order valence-electron chi connectivity index (χ3n) is 3.03. The van der Waals surface area contributed by atoms with Crippen LogP contribution in [0.2, 0.25) is 0 Å². The predicted molar refractivity (Wildman–Crippen MR) is 57.9 cm³/mol. The van der Waals surface area contributed by atoms with Crippen LogP contribution in [0.4, 0.5) is 0 Å². The standard InChI is InChI=1S/C11H21NO3/c1-3-5-11(2,10(13)14)12-7-9-4-6-15-8-9/h9,12H,3-8H2,1-2H3,(H,13,14). The van der Waals surface area contributed by atoms with Crippen molar-refractivity contribution in [2.45, 2.75) is 38.6 Å². The van der Waals surface area contributed by atoms with Crippen molar-refractivity contribution in [2.24, 2.45) is 5.92 Å². The maximum Gasteiger partial charge on any atom is 0.323 e. The van der Waals surface area contributed by atoms with E-state index in [4.69, 9.17) is 9.84 Å². The van der Waals surface area contributed by atoms with Crippen LogP contribution < -0.4 is 5.32 Å². The number of nitrogens with one attached hydrogen (secondary N) is 1. The zero-order chi connectivity index (χ0) is 11.3. The van der Waals surface area contributed by atoms with E-state index < -0.39 is 11.5 Å². The summed E-state index contributed by atoms with van der Waals surface area (Å²) in [5.41, 5.74) is -0.780. The molecule has 4 heteroatoms. The molecule has 4 nitrogen and oxygen atoms in total. The predicted octanol–water partition coefficient (Wildman–Crippen LogP) is 1.26. The fourth-order valence-corrected chi connectivity index (χ4v) is 1.88. The van der Waals surface area contributed by atoms with Crippen molar-refractivity contribution in [2.75, 3.05) is 19.8 Å². The van der Waals surface area contributed by atoms with Crippen LogP contribution in [-0.2, 0) is 9.53 Å². The number of carboxylic acid groups (broad SMARTS) is 1. The summed E-state index contributed by atoms with van der Waals surface area (Å²) in [7, 11) is 0. The summed E-state index contributed by atoms with van der Waals surface area (Å²) in [4.78, 5) is 11.1. The second kappa shape index (κ2) is 5.47. The van der Waals surface area contributed by atoms with Crippen molar-refractivity contribution in [3.63, 3.8) is 0 Å². The molecule has 0 spiro atoms.